The van der Waals surface area contributed by atoms with Crippen molar-refractivity contribution in [1.29, 1.82) is 0 Å². The van der Waals surface area contributed by atoms with E-state index in [-0.39, 0.29) is 12.3 Å². The Balaban J connectivity index is 1.26. The Hall–Kier alpha value is -3.65. The highest BCUT2D eigenvalue weighted by molar-refractivity contribution is 6.22. The van der Waals surface area contributed by atoms with Crippen LogP contribution in [0, 0.1) is 0 Å². The van der Waals surface area contributed by atoms with Gasteiger partial charge in [-0.25, -0.2) is 9.69 Å². The summed E-state index contributed by atoms with van der Waals surface area (Å²) in [6.07, 6.45) is 4.19. The highest BCUT2D eigenvalue weighted by Gasteiger charge is 2.40. The maximum Gasteiger partial charge on any atom is 0.329 e. The lowest BCUT2D eigenvalue weighted by Crippen LogP contribution is -2.50. The molecule has 0 aliphatic carbocycles. The molecule has 2 aromatic rings. The van der Waals surface area contributed by atoms with Crippen LogP contribution in [0.3, 0.4) is 0 Å². The van der Waals surface area contributed by atoms with Gasteiger partial charge in [0, 0.05) is 32.7 Å². The SMILES string of the molecule is COc1ccc(N2C(=O)N[C@H](CC(=O)N3CCN(C/C=C/c4ccccc4)CC3)C2=O)cc1. The van der Waals surface area contributed by atoms with Crippen molar-refractivity contribution in [3.8, 4) is 5.75 Å². The number of hydrogen-bond donors (Lipinski definition) is 1. The Labute approximate surface area is 193 Å². The quantitative estimate of drug-likeness (QED) is 0.658. The van der Waals surface area contributed by atoms with Crippen molar-refractivity contribution in [3.05, 3.63) is 66.2 Å². The molecule has 2 aliphatic rings. The fourth-order valence-electron chi connectivity index (χ4n) is 4.03. The molecule has 1 N–H and O–H groups in total. The van der Waals surface area contributed by atoms with Crippen molar-refractivity contribution in [3.63, 3.8) is 0 Å². The zero-order chi connectivity index (χ0) is 23.2. The minimum Gasteiger partial charge on any atom is -0.497 e. The van der Waals surface area contributed by atoms with Crippen LogP contribution in [0.5, 0.6) is 5.75 Å². The number of ether oxygens (including phenoxy) is 1. The Morgan fingerprint density at radius 3 is 2.39 bits per heavy atom. The van der Waals surface area contributed by atoms with Crippen molar-refractivity contribution in [2.45, 2.75) is 12.5 Å². The average molecular weight is 449 g/mol. The number of piperazine rings is 1. The number of urea groups is 1. The molecular formula is C25H28N4O4. The van der Waals surface area contributed by atoms with Crippen LogP contribution >= 0.6 is 0 Å². The van der Waals surface area contributed by atoms with Gasteiger partial charge in [0.2, 0.25) is 5.91 Å². The first-order valence-electron chi connectivity index (χ1n) is 11.1. The lowest BCUT2D eigenvalue weighted by molar-refractivity contribution is -0.135. The summed E-state index contributed by atoms with van der Waals surface area (Å²) < 4.78 is 5.11. The van der Waals surface area contributed by atoms with Crippen molar-refractivity contribution in [2.75, 3.05) is 44.7 Å². The summed E-state index contributed by atoms with van der Waals surface area (Å²) in [4.78, 5) is 43.1. The minimum absolute atomic E-state index is 0.0366. The van der Waals surface area contributed by atoms with Crippen LogP contribution < -0.4 is 15.0 Å². The first kappa shape index (κ1) is 22.5. The maximum atomic E-state index is 12.8. The molecular weight excluding hydrogens is 420 g/mol. The van der Waals surface area contributed by atoms with E-state index in [1.807, 2.05) is 18.2 Å². The Morgan fingerprint density at radius 2 is 1.73 bits per heavy atom. The van der Waals surface area contributed by atoms with E-state index in [0.29, 0.717) is 24.5 Å². The van der Waals surface area contributed by atoms with Crippen LogP contribution in [0.15, 0.2) is 60.7 Å². The highest BCUT2D eigenvalue weighted by Crippen LogP contribution is 2.23. The Bertz CT molecular complexity index is 1010. The smallest absolute Gasteiger partial charge is 0.329 e. The summed E-state index contributed by atoms with van der Waals surface area (Å²) in [6.45, 7) is 3.58. The molecule has 172 valence electrons. The van der Waals surface area contributed by atoms with Gasteiger partial charge in [-0.15, -0.1) is 0 Å². The van der Waals surface area contributed by atoms with Gasteiger partial charge in [0.1, 0.15) is 11.8 Å². The van der Waals surface area contributed by atoms with E-state index in [1.54, 1.807) is 36.3 Å². The van der Waals surface area contributed by atoms with E-state index >= 15 is 0 Å². The molecule has 4 rings (SSSR count). The topological polar surface area (TPSA) is 82.2 Å². The molecule has 0 saturated carbocycles. The summed E-state index contributed by atoms with van der Waals surface area (Å²) in [5, 5.41) is 2.64. The predicted octanol–water partition coefficient (Wildman–Crippen LogP) is 2.37. The Morgan fingerprint density at radius 1 is 1.03 bits per heavy atom. The van der Waals surface area contributed by atoms with Crippen LogP contribution in [0.2, 0.25) is 0 Å². The summed E-state index contributed by atoms with van der Waals surface area (Å²) in [6, 6.07) is 15.4. The fraction of sp³-hybridized carbons (Fsp3) is 0.320. The zero-order valence-electron chi connectivity index (χ0n) is 18.6. The van der Waals surface area contributed by atoms with Gasteiger partial charge in [0.05, 0.1) is 19.2 Å². The van der Waals surface area contributed by atoms with E-state index in [4.69, 9.17) is 4.74 Å². The number of benzene rings is 2. The lowest BCUT2D eigenvalue weighted by atomic mass is 10.1. The van der Waals surface area contributed by atoms with E-state index in [9.17, 15) is 14.4 Å². The first-order chi connectivity index (χ1) is 16.0. The standard InChI is InChI=1S/C25H28N4O4/c1-33-21-11-9-20(10-12-21)29-24(31)22(26-25(29)32)18-23(30)28-16-14-27(15-17-28)13-5-8-19-6-3-2-4-7-19/h2-12,22H,13-18H2,1H3,(H,26,32)/b8-5+/t22-/m1/s1. The van der Waals surface area contributed by atoms with Gasteiger partial charge in [-0.2, -0.15) is 0 Å². The molecule has 0 aromatic heterocycles. The highest BCUT2D eigenvalue weighted by atomic mass is 16.5. The Kier molecular flexibility index (Phi) is 7.04. The van der Waals surface area contributed by atoms with Crippen LogP contribution in [0.4, 0.5) is 10.5 Å². The summed E-state index contributed by atoms with van der Waals surface area (Å²) >= 11 is 0. The molecule has 0 bridgehead atoms. The molecule has 4 amide bonds. The van der Waals surface area contributed by atoms with Crippen LogP contribution in [-0.4, -0.2) is 73.5 Å². The molecule has 2 saturated heterocycles. The van der Waals surface area contributed by atoms with E-state index < -0.39 is 18.0 Å². The molecule has 0 unspecified atom stereocenters. The molecule has 33 heavy (non-hydrogen) atoms. The molecule has 0 radical (unpaired) electrons. The van der Waals surface area contributed by atoms with Crippen molar-refractivity contribution >= 4 is 29.6 Å². The van der Waals surface area contributed by atoms with Crippen molar-refractivity contribution in [1.82, 2.24) is 15.1 Å². The first-order valence-corrected chi connectivity index (χ1v) is 11.1. The van der Waals surface area contributed by atoms with Gasteiger partial charge in [-0.05, 0) is 29.8 Å². The average Bonchev–Trinajstić information content (AvgIpc) is 3.12. The van der Waals surface area contributed by atoms with Crippen LogP contribution in [-0.2, 0) is 9.59 Å². The third-order valence-corrected chi connectivity index (χ3v) is 5.93. The van der Waals surface area contributed by atoms with Gasteiger partial charge in [-0.1, -0.05) is 42.5 Å². The number of methoxy groups -OCH3 is 1. The largest absolute Gasteiger partial charge is 0.497 e. The predicted molar refractivity (Wildman–Crippen MR) is 126 cm³/mol. The number of nitrogens with one attached hydrogen (secondary N) is 1. The van der Waals surface area contributed by atoms with E-state index in [0.717, 1.165) is 24.5 Å². The number of rotatable bonds is 7. The van der Waals surface area contributed by atoms with Crippen molar-refractivity contribution < 1.29 is 19.1 Å². The molecule has 2 aromatic carbocycles. The monoisotopic (exact) mass is 448 g/mol. The number of anilines is 1. The molecule has 1 atom stereocenters. The second-order valence-corrected chi connectivity index (χ2v) is 8.07. The van der Waals surface area contributed by atoms with Gasteiger partial charge >= 0.3 is 6.03 Å². The van der Waals surface area contributed by atoms with Crippen LogP contribution in [0.1, 0.15) is 12.0 Å². The second-order valence-electron chi connectivity index (χ2n) is 8.07. The summed E-state index contributed by atoms with van der Waals surface area (Å²) in [5.41, 5.74) is 1.61. The van der Waals surface area contributed by atoms with E-state index in [2.05, 4.69) is 34.5 Å². The van der Waals surface area contributed by atoms with E-state index in [1.165, 1.54) is 5.56 Å². The number of carbonyl (C=O) groups excluding carboxylic acids is 3. The van der Waals surface area contributed by atoms with Gasteiger partial charge < -0.3 is 15.0 Å². The molecule has 2 heterocycles. The molecule has 8 heteroatoms. The molecule has 2 fully saturated rings. The fourth-order valence-corrected chi connectivity index (χ4v) is 4.03. The third-order valence-electron chi connectivity index (χ3n) is 5.93. The van der Waals surface area contributed by atoms with Crippen LogP contribution in [0.25, 0.3) is 6.08 Å². The molecule has 0 spiro atoms. The summed E-state index contributed by atoms with van der Waals surface area (Å²) in [5.74, 6) is 0.0974. The van der Waals surface area contributed by atoms with Gasteiger partial charge in [-0.3, -0.25) is 14.5 Å². The maximum absolute atomic E-state index is 12.8. The zero-order valence-corrected chi connectivity index (χ0v) is 18.6. The molecule has 8 nitrogen and oxygen atoms in total. The second kappa shape index (κ2) is 10.3. The van der Waals surface area contributed by atoms with Gasteiger partial charge in [0.25, 0.3) is 5.91 Å². The molecule has 2 aliphatic heterocycles. The number of amides is 4. The number of carbonyl (C=O) groups is 3. The van der Waals surface area contributed by atoms with Gasteiger partial charge in [0.15, 0.2) is 0 Å². The summed E-state index contributed by atoms with van der Waals surface area (Å²) in [7, 11) is 1.55. The third kappa shape index (κ3) is 5.40. The number of hydrogen-bond acceptors (Lipinski definition) is 5. The normalized spacial score (nSPS) is 19.2. The number of imide groups is 1. The van der Waals surface area contributed by atoms with Crippen molar-refractivity contribution in [2.24, 2.45) is 0 Å². The minimum atomic E-state index is -0.848. The number of nitrogens with zero attached hydrogens (tertiary/aromatic N) is 3. The lowest BCUT2D eigenvalue weighted by Gasteiger charge is -2.34.